The third kappa shape index (κ3) is 2.61. The summed E-state index contributed by atoms with van der Waals surface area (Å²) in [6.07, 6.45) is 1.33. The molecule has 4 nitrogen and oxygen atoms in total. The van der Waals surface area contributed by atoms with Crippen LogP contribution in [0.15, 0.2) is 24.3 Å². The molecule has 2 rings (SSSR count). The van der Waals surface area contributed by atoms with Gasteiger partial charge in [-0.25, -0.2) is 4.39 Å². The second kappa shape index (κ2) is 5.82. The van der Waals surface area contributed by atoms with Gasteiger partial charge in [0.25, 0.3) is 0 Å². The number of nitrogens with zero attached hydrogens (tertiary/aromatic N) is 1. The molecule has 1 aromatic rings. The highest BCUT2D eigenvalue weighted by atomic mass is 19.1. The van der Waals surface area contributed by atoms with E-state index in [1.807, 2.05) is 4.90 Å². The third-order valence-corrected chi connectivity index (χ3v) is 3.16. The van der Waals surface area contributed by atoms with Crippen LogP contribution in [0.4, 0.5) is 10.1 Å². The number of nitrogens with one attached hydrogen (secondary N) is 1. The Hall–Kier alpha value is -1.62. The molecule has 0 aliphatic carbocycles. The first-order chi connectivity index (χ1) is 8.74. The SMILES string of the molecule is NCCC1C(=O)NCCCN1c1ccccc1F. The number of hydrogen-bond donors (Lipinski definition) is 2. The first-order valence-electron chi connectivity index (χ1n) is 6.23. The maximum Gasteiger partial charge on any atom is 0.242 e. The predicted octanol–water partition coefficient (Wildman–Crippen LogP) is 0.869. The van der Waals surface area contributed by atoms with Crippen LogP contribution in [0.3, 0.4) is 0 Å². The number of halogens is 1. The zero-order chi connectivity index (χ0) is 13.0. The first-order valence-corrected chi connectivity index (χ1v) is 6.23. The van der Waals surface area contributed by atoms with Gasteiger partial charge in [-0.2, -0.15) is 0 Å². The van der Waals surface area contributed by atoms with Gasteiger partial charge in [-0.1, -0.05) is 12.1 Å². The number of amides is 1. The molecule has 18 heavy (non-hydrogen) atoms. The molecule has 98 valence electrons. The lowest BCUT2D eigenvalue weighted by molar-refractivity contribution is -0.122. The Bertz CT molecular complexity index is 424. The Morgan fingerprint density at radius 1 is 1.44 bits per heavy atom. The first kappa shape index (κ1) is 12.8. The van der Waals surface area contributed by atoms with Gasteiger partial charge in [0.15, 0.2) is 0 Å². The number of carbonyl (C=O) groups excluding carboxylic acids is 1. The normalized spacial score (nSPS) is 20.4. The summed E-state index contributed by atoms with van der Waals surface area (Å²) in [5.74, 6) is -0.365. The minimum Gasteiger partial charge on any atom is -0.357 e. The van der Waals surface area contributed by atoms with Crippen LogP contribution in [0.2, 0.25) is 0 Å². The van der Waals surface area contributed by atoms with E-state index in [-0.39, 0.29) is 17.8 Å². The highest BCUT2D eigenvalue weighted by Gasteiger charge is 2.28. The quantitative estimate of drug-likeness (QED) is 0.838. The molecule has 1 aromatic carbocycles. The summed E-state index contributed by atoms with van der Waals surface area (Å²) in [5.41, 5.74) is 6.03. The molecule has 0 aromatic heterocycles. The molecule has 1 aliphatic rings. The van der Waals surface area contributed by atoms with Crippen molar-refractivity contribution in [3.05, 3.63) is 30.1 Å². The van der Waals surface area contributed by atoms with Crippen molar-refractivity contribution in [2.45, 2.75) is 18.9 Å². The highest BCUT2D eigenvalue weighted by Crippen LogP contribution is 2.23. The molecule has 1 amide bonds. The Morgan fingerprint density at radius 3 is 2.94 bits per heavy atom. The molecule has 0 radical (unpaired) electrons. The number of nitrogens with two attached hydrogens (primary N) is 1. The lowest BCUT2D eigenvalue weighted by Gasteiger charge is -2.30. The maximum absolute atomic E-state index is 13.8. The minimum absolute atomic E-state index is 0.0683. The van der Waals surface area contributed by atoms with Crippen LogP contribution in [0, 0.1) is 5.82 Å². The molecule has 0 saturated carbocycles. The summed E-state index contributed by atoms with van der Waals surface area (Å²) in [5, 5.41) is 2.84. The van der Waals surface area contributed by atoms with Gasteiger partial charge in [0.05, 0.1) is 5.69 Å². The number of carbonyl (C=O) groups is 1. The van der Waals surface area contributed by atoms with E-state index >= 15 is 0 Å². The van der Waals surface area contributed by atoms with Crippen LogP contribution >= 0.6 is 0 Å². The van der Waals surface area contributed by atoms with Crippen LogP contribution < -0.4 is 16.0 Å². The Morgan fingerprint density at radius 2 is 2.22 bits per heavy atom. The Balaban J connectivity index is 2.32. The van der Waals surface area contributed by atoms with Crippen molar-refractivity contribution in [3.63, 3.8) is 0 Å². The molecule has 1 fully saturated rings. The van der Waals surface area contributed by atoms with E-state index in [2.05, 4.69) is 5.32 Å². The second-order valence-corrected chi connectivity index (χ2v) is 4.38. The van der Waals surface area contributed by atoms with Crippen LogP contribution in [-0.2, 0) is 4.79 Å². The number of hydrogen-bond acceptors (Lipinski definition) is 3. The average molecular weight is 251 g/mol. The average Bonchev–Trinajstić information content (AvgIpc) is 2.54. The minimum atomic E-state index is -0.380. The van der Waals surface area contributed by atoms with Crippen molar-refractivity contribution in [2.75, 3.05) is 24.5 Å². The maximum atomic E-state index is 13.8. The Labute approximate surface area is 106 Å². The van der Waals surface area contributed by atoms with E-state index in [1.54, 1.807) is 18.2 Å². The van der Waals surface area contributed by atoms with Crippen molar-refractivity contribution in [1.82, 2.24) is 5.32 Å². The largest absolute Gasteiger partial charge is 0.357 e. The van der Waals surface area contributed by atoms with E-state index in [4.69, 9.17) is 5.73 Å². The fourth-order valence-corrected chi connectivity index (χ4v) is 2.29. The van der Waals surface area contributed by atoms with Crippen molar-refractivity contribution in [3.8, 4) is 0 Å². The Kier molecular flexibility index (Phi) is 4.15. The smallest absolute Gasteiger partial charge is 0.242 e. The van der Waals surface area contributed by atoms with Gasteiger partial charge in [0.2, 0.25) is 5.91 Å². The summed E-state index contributed by atoms with van der Waals surface area (Å²) in [6, 6.07) is 6.17. The van der Waals surface area contributed by atoms with Crippen molar-refractivity contribution >= 4 is 11.6 Å². The number of benzene rings is 1. The molecule has 1 atom stereocenters. The second-order valence-electron chi connectivity index (χ2n) is 4.38. The van der Waals surface area contributed by atoms with Gasteiger partial charge >= 0.3 is 0 Å². The fourth-order valence-electron chi connectivity index (χ4n) is 2.29. The summed E-state index contributed by atoms with van der Waals surface area (Å²) < 4.78 is 13.8. The molecule has 1 aliphatic heterocycles. The standard InChI is InChI=1S/C13H18FN3O/c14-10-4-1-2-5-11(10)17-9-3-8-16-13(18)12(17)6-7-15/h1-2,4-5,12H,3,6-9,15H2,(H,16,18). The van der Waals surface area contributed by atoms with Gasteiger partial charge in [0.1, 0.15) is 11.9 Å². The zero-order valence-electron chi connectivity index (χ0n) is 10.2. The monoisotopic (exact) mass is 251 g/mol. The molecule has 3 N–H and O–H groups in total. The van der Waals surface area contributed by atoms with Gasteiger partial charge in [0, 0.05) is 13.1 Å². The van der Waals surface area contributed by atoms with Gasteiger partial charge in [-0.05, 0) is 31.5 Å². The van der Waals surface area contributed by atoms with Crippen LogP contribution in [0.1, 0.15) is 12.8 Å². The van der Waals surface area contributed by atoms with Gasteiger partial charge in [-0.15, -0.1) is 0 Å². The number of para-hydroxylation sites is 1. The van der Waals surface area contributed by atoms with E-state index < -0.39 is 0 Å². The van der Waals surface area contributed by atoms with E-state index in [0.29, 0.717) is 31.7 Å². The van der Waals surface area contributed by atoms with Crippen molar-refractivity contribution in [1.29, 1.82) is 0 Å². The lowest BCUT2D eigenvalue weighted by Crippen LogP contribution is -2.45. The molecule has 1 unspecified atom stereocenters. The third-order valence-electron chi connectivity index (χ3n) is 3.16. The molecular weight excluding hydrogens is 233 g/mol. The summed E-state index contributed by atoms with van der Waals surface area (Å²) in [4.78, 5) is 13.8. The summed E-state index contributed by atoms with van der Waals surface area (Å²) in [6.45, 7) is 1.69. The van der Waals surface area contributed by atoms with Crippen LogP contribution in [-0.4, -0.2) is 31.6 Å². The molecule has 0 spiro atoms. The predicted molar refractivity (Wildman–Crippen MR) is 68.8 cm³/mol. The van der Waals surface area contributed by atoms with E-state index in [1.165, 1.54) is 6.07 Å². The number of rotatable bonds is 3. The van der Waals surface area contributed by atoms with Gasteiger partial charge in [-0.3, -0.25) is 4.79 Å². The fraction of sp³-hybridized carbons (Fsp3) is 0.462. The van der Waals surface area contributed by atoms with E-state index in [0.717, 1.165) is 6.42 Å². The molecular formula is C13H18FN3O. The van der Waals surface area contributed by atoms with E-state index in [9.17, 15) is 9.18 Å². The summed E-state index contributed by atoms with van der Waals surface area (Å²) >= 11 is 0. The highest BCUT2D eigenvalue weighted by molar-refractivity contribution is 5.85. The lowest BCUT2D eigenvalue weighted by atomic mass is 10.1. The van der Waals surface area contributed by atoms with Crippen LogP contribution in [0.5, 0.6) is 0 Å². The molecule has 5 heteroatoms. The molecule has 1 heterocycles. The van der Waals surface area contributed by atoms with Gasteiger partial charge < -0.3 is 16.0 Å². The topological polar surface area (TPSA) is 58.4 Å². The van der Waals surface area contributed by atoms with Crippen LogP contribution in [0.25, 0.3) is 0 Å². The summed E-state index contributed by atoms with van der Waals surface area (Å²) in [7, 11) is 0. The van der Waals surface area contributed by atoms with Crippen molar-refractivity contribution in [2.24, 2.45) is 5.73 Å². The molecule has 0 bridgehead atoms. The molecule has 1 saturated heterocycles. The number of anilines is 1. The van der Waals surface area contributed by atoms with Crippen molar-refractivity contribution < 1.29 is 9.18 Å². The zero-order valence-corrected chi connectivity index (χ0v) is 10.2.